The van der Waals surface area contributed by atoms with E-state index in [-0.39, 0.29) is 5.91 Å². The quantitative estimate of drug-likeness (QED) is 0.537. The van der Waals surface area contributed by atoms with Crippen LogP contribution in [-0.2, 0) is 6.42 Å². The number of aromatic amines is 1. The number of nitrogens with one attached hydrogen (secondary N) is 2. The van der Waals surface area contributed by atoms with Crippen molar-refractivity contribution >= 4 is 12.1 Å². The standard InChI is InChI=1S/C19H18N4O2/c1-25-17-8-6-14(7-9-17)11-22-23-19(24)18-5-3-2-4-15(18)10-16-12-20-13-21-16/h2-9,11-13H,10H2,1H3,(H,20,21)(H,23,24)/b22-11-. The predicted molar refractivity (Wildman–Crippen MR) is 95.9 cm³/mol. The third-order valence-corrected chi connectivity index (χ3v) is 3.69. The number of imidazole rings is 1. The van der Waals surface area contributed by atoms with Crippen molar-refractivity contribution in [3.8, 4) is 5.75 Å². The molecule has 0 saturated heterocycles. The molecule has 0 aliphatic heterocycles. The lowest BCUT2D eigenvalue weighted by Gasteiger charge is -2.07. The number of rotatable bonds is 6. The van der Waals surface area contributed by atoms with E-state index in [4.69, 9.17) is 4.74 Å². The summed E-state index contributed by atoms with van der Waals surface area (Å²) in [6.45, 7) is 0. The summed E-state index contributed by atoms with van der Waals surface area (Å²) in [7, 11) is 1.62. The molecule has 0 radical (unpaired) electrons. The summed E-state index contributed by atoms with van der Waals surface area (Å²) in [6, 6.07) is 14.8. The average molecular weight is 334 g/mol. The van der Waals surface area contributed by atoms with Crippen LogP contribution in [0.15, 0.2) is 66.2 Å². The van der Waals surface area contributed by atoms with Crippen molar-refractivity contribution in [3.05, 3.63) is 83.4 Å². The lowest BCUT2D eigenvalue weighted by molar-refractivity contribution is 0.0954. The number of hydrazone groups is 1. The Labute approximate surface area is 145 Å². The molecule has 3 rings (SSSR count). The number of methoxy groups -OCH3 is 1. The number of H-pyrrole nitrogens is 1. The van der Waals surface area contributed by atoms with Crippen LogP contribution in [0.3, 0.4) is 0 Å². The second kappa shape index (κ2) is 7.92. The molecule has 2 aromatic carbocycles. The highest BCUT2D eigenvalue weighted by atomic mass is 16.5. The molecule has 1 aromatic heterocycles. The first-order chi connectivity index (χ1) is 12.3. The van der Waals surface area contributed by atoms with Crippen LogP contribution in [0.1, 0.15) is 27.2 Å². The first-order valence-electron chi connectivity index (χ1n) is 7.79. The molecule has 0 atom stereocenters. The van der Waals surface area contributed by atoms with E-state index in [2.05, 4.69) is 20.5 Å². The summed E-state index contributed by atoms with van der Waals surface area (Å²) in [4.78, 5) is 19.5. The number of carbonyl (C=O) groups is 1. The summed E-state index contributed by atoms with van der Waals surface area (Å²) in [6.07, 6.45) is 5.56. The van der Waals surface area contributed by atoms with Gasteiger partial charge in [0.15, 0.2) is 0 Å². The van der Waals surface area contributed by atoms with Crippen molar-refractivity contribution in [2.75, 3.05) is 7.11 Å². The minimum absolute atomic E-state index is 0.250. The van der Waals surface area contributed by atoms with E-state index in [0.717, 1.165) is 22.6 Å². The Balaban J connectivity index is 1.67. The predicted octanol–water partition coefficient (Wildman–Crippen LogP) is 2.77. The van der Waals surface area contributed by atoms with E-state index in [1.807, 2.05) is 42.5 Å². The van der Waals surface area contributed by atoms with Crippen molar-refractivity contribution in [2.24, 2.45) is 5.10 Å². The third-order valence-electron chi connectivity index (χ3n) is 3.69. The fourth-order valence-corrected chi connectivity index (χ4v) is 2.40. The molecule has 0 aliphatic carbocycles. The van der Waals surface area contributed by atoms with Crippen LogP contribution in [0.25, 0.3) is 0 Å². The third kappa shape index (κ3) is 4.32. The molecule has 1 amide bonds. The molecule has 6 nitrogen and oxygen atoms in total. The van der Waals surface area contributed by atoms with Gasteiger partial charge in [0, 0.05) is 23.9 Å². The van der Waals surface area contributed by atoms with Gasteiger partial charge in [-0.2, -0.15) is 5.10 Å². The van der Waals surface area contributed by atoms with E-state index in [9.17, 15) is 4.79 Å². The topological polar surface area (TPSA) is 79.4 Å². The van der Waals surface area contributed by atoms with Crippen molar-refractivity contribution in [1.82, 2.24) is 15.4 Å². The molecule has 0 spiro atoms. The average Bonchev–Trinajstić information content (AvgIpc) is 3.16. The Hall–Kier alpha value is -3.41. The summed E-state index contributed by atoms with van der Waals surface area (Å²) in [5.41, 5.74) is 5.88. The summed E-state index contributed by atoms with van der Waals surface area (Å²) < 4.78 is 5.10. The van der Waals surface area contributed by atoms with Crippen LogP contribution in [0.5, 0.6) is 5.75 Å². The minimum Gasteiger partial charge on any atom is -0.497 e. The van der Waals surface area contributed by atoms with Crippen LogP contribution >= 0.6 is 0 Å². The largest absolute Gasteiger partial charge is 0.497 e. The smallest absolute Gasteiger partial charge is 0.271 e. The van der Waals surface area contributed by atoms with Gasteiger partial charge in [0.25, 0.3) is 5.91 Å². The molecule has 0 unspecified atom stereocenters. The molecule has 1 heterocycles. The Bertz CT molecular complexity index is 855. The molecule has 2 N–H and O–H groups in total. The van der Waals surface area contributed by atoms with Crippen LogP contribution in [0, 0.1) is 0 Å². The number of hydrogen-bond acceptors (Lipinski definition) is 4. The van der Waals surface area contributed by atoms with Gasteiger partial charge in [-0.25, -0.2) is 10.4 Å². The fraction of sp³-hybridized carbons (Fsp3) is 0.105. The summed E-state index contributed by atoms with van der Waals surface area (Å²) in [5, 5.41) is 4.03. The zero-order valence-electron chi connectivity index (χ0n) is 13.8. The fourth-order valence-electron chi connectivity index (χ4n) is 2.40. The van der Waals surface area contributed by atoms with Crippen LogP contribution in [0.2, 0.25) is 0 Å². The Morgan fingerprint density at radius 3 is 2.76 bits per heavy atom. The van der Waals surface area contributed by atoms with Crippen LogP contribution in [0.4, 0.5) is 0 Å². The van der Waals surface area contributed by atoms with E-state index in [1.54, 1.807) is 31.9 Å². The maximum atomic E-state index is 12.4. The SMILES string of the molecule is COc1ccc(/C=N\NC(=O)c2ccccc2Cc2cnc[nH]2)cc1. The zero-order chi connectivity index (χ0) is 17.5. The van der Waals surface area contributed by atoms with Gasteiger partial charge in [-0.3, -0.25) is 4.79 Å². The van der Waals surface area contributed by atoms with Crippen LogP contribution < -0.4 is 10.2 Å². The number of aromatic nitrogens is 2. The van der Waals surface area contributed by atoms with E-state index in [0.29, 0.717) is 12.0 Å². The molecule has 25 heavy (non-hydrogen) atoms. The lowest BCUT2D eigenvalue weighted by atomic mass is 10.0. The van der Waals surface area contributed by atoms with Gasteiger partial charge in [0.2, 0.25) is 0 Å². The molecule has 6 heteroatoms. The highest BCUT2D eigenvalue weighted by Gasteiger charge is 2.11. The molecule has 0 fully saturated rings. The highest BCUT2D eigenvalue weighted by molar-refractivity contribution is 5.96. The number of benzene rings is 2. The maximum Gasteiger partial charge on any atom is 0.271 e. The van der Waals surface area contributed by atoms with Gasteiger partial charge in [-0.15, -0.1) is 0 Å². The number of nitrogens with zero attached hydrogens (tertiary/aromatic N) is 2. The monoisotopic (exact) mass is 334 g/mol. The minimum atomic E-state index is -0.250. The molecule has 3 aromatic rings. The molecular weight excluding hydrogens is 316 g/mol. The van der Waals surface area contributed by atoms with Gasteiger partial charge in [-0.1, -0.05) is 18.2 Å². The van der Waals surface area contributed by atoms with Gasteiger partial charge in [-0.05, 0) is 41.5 Å². The van der Waals surface area contributed by atoms with Crippen LogP contribution in [-0.4, -0.2) is 29.2 Å². The van der Waals surface area contributed by atoms with Crippen molar-refractivity contribution in [3.63, 3.8) is 0 Å². The Kier molecular flexibility index (Phi) is 5.21. The number of ether oxygens (including phenoxy) is 1. The number of amides is 1. The molecule has 0 aliphatic rings. The number of carbonyl (C=O) groups excluding carboxylic acids is 1. The molecule has 126 valence electrons. The number of hydrogen-bond donors (Lipinski definition) is 2. The Morgan fingerprint density at radius 2 is 2.04 bits per heavy atom. The zero-order valence-corrected chi connectivity index (χ0v) is 13.8. The Morgan fingerprint density at radius 1 is 1.24 bits per heavy atom. The maximum absolute atomic E-state index is 12.4. The van der Waals surface area contributed by atoms with Gasteiger partial charge < -0.3 is 9.72 Å². The van der Waals surface area contributed by atoms with Crippen molar-refractivity contribution in [2.45, 2.75) is 6.42 Å². The highest BCUT2D eigenvalue weighted by Crippen LogP contribution is 2.13. The van der Waals surface area contributed by atoms with Crippen molar-refractivity contribution in [1.29, 1.82) is 0 Å². The first-order valence-corrected chi connectivity index (χ1v) is 7.79. The first kappa shape index (κ1) is 16.4. The molecule has 0 bridgehead atoms. The lowest BCUT2D eigenvalue weighted by Crippen LogP contribution is -2.19. The van der Waals surface area contributed by atoms with E-state index >= 15 is 0 Å². The van der Waals surface area contributed by atoms with Gasteiger partial charge in [0.05, 0.1) is 19.7 Å². The summed E-state index contributed by atoms with van der Waals surface area (Å²) >= 11 is 0. The second-order valence-corrected chi connectivity index (χ2v) is 5.38. The normalized spacial score (nSPS) is 10.8. The van der Waals surface area contributed by atoms with Gasteiger partial charge >= 0.3 is 0 Å². The van der Waals surface area contributed by atoms with E-state index < -0.39 is 0 Å². The molecule has 0 saturated carbocycles. The summed E-state index contributed by atoms with van der Waals surface area (Å²) in [5.74, 6) is 0.522. The van der Waals surface area contributed by atoms with Gasteiger partial charge in [0.1, 0.15) is 5.75 Å². The van der Waals surface area contributed by atoms with E-state index in [1.165, 1.54) is 0 Å². The molecular formula is C19H18N4O2. The second-order valence-electron chi connectivity index (χ2n) is 5.38. The van der Waals surface area contributed by atoms with Crippen molar-refractivity contribution < 1.29 is 9.53 Å².